The third kappa shape index (κ3) is 4.69. The minimum Gasteiger partial charge on any atom is -0.493 e. The summed E-state index contributed by atoms with van der Waals surface area (Å²) in [6, 6.07) is 21.5. The molecule has 0 saturated carbocycles. The van der Waals surface area contributed by atoms with E-state index in [1.165, 1.54) is 14.2 Å². The van der Waals surface area contributed by atoms with E-state index in [0.29, 0.717) is 17.1 Å². The highest BCUT2D eigenvalue weighted by molar-refractivity contribution is 5.79. The fourth-order valence-electron chi connectivity index (χ4n) is 4.48. The maximum absolute atomic E-state index is 12.5. The largest absolute Gasteiger partial charge is 0.493 e. The fourth-order valence-corrected chi connectivity index (χ4v) is 4.48. The van der Waals surface area contributed by atoms with Crippen molar-refractivity contribution in [1.82, 2.24) is 5.32 Å². The van der Waals surface area contributed by atoms with E-state index in [-0.39, 0.29) is 25.5 Å². The number of hydrogen-bond acceptors (Lipinski definition) is 5. The molecule has 0 unspecified atom stereocenters. The molecule has 7 heteroatoms. The number of carbonyl (C=O) groups is 2. The van der Waals surface area contributed by atoms with Gasteiger partial charge in [-0.05, 0) is 40.3 Å². The number of ether oxygens (including phenoxy) is 3. The molecule has 0 heterocycles. The molecule has 1 amide bonds. The van der Waals surface area contributed by atoms with Crippen molar-refractivity contribution >= 4 is 12.1 Å². The Balaban J connectivity index is 1.38. The van der Waals surface area contributed by atoms with E-state index in [9.17, 15) is 14.7 Å². The molecule has 0 bridgehead atoms. The van der Waals surface area contributed by atoms with E-state index in [0.717, 1.165) is 22.3 Å². The highest BCUT2D eigenvalue weighted by Crippen LogP contribution is 2.44. The van der Waals surface area contributed by atoms with Gasteiger partial charge in [0, 0.05) is 12.5 Å². The molecule has 4 rings (SSSR count). The number of rotatable bonds is 9. The number of carbonyl (C=O) groups excluding carboxylic acids is 1. The predicted octanol–water partition coefficient (Wildman–Crippen LogP) is 4.49. The number of fused-ring (bicyclic) bond motifs is 3. The average molecular weight is 462 g/mol. The lowest BCUT2D eigenvalue weighted by Gasteiger charge is -2.18. The maximum Gasteiger partial charge on any atom is 0.407 e. The molecule has 0 spiro atoms. The van der Waals surface area contributed by atoms with Crippen LogP contribution in [0.3, 0.4) is 0 Å². The van der Waals surface area contributed by atoms with Crippen LogP contribution in [0.4, 0.5) is 4.79 Å². The van der Waals surface area contributed by atoms with Crippen LogP contribution < -0.4 is 14.8 Å². The molecule has 0 aliphatic heterocycles. The Kier molecular flexibility index (Phi) is 7.01. The summed E-state index contributed by atoms with van der Waals surface area (Å²) in [5.41, 5.74) is 5.20. The van der Waals surface area contributed by atoms with Crippen molar-refractivity contribution < 1.29 is 28.9 Å². The predicted molar refractivity (Wildman–Crippen MR) is 127 cm³/mol. The van der Waals surface area contributed by atoms with Crippen LogP contribution in [0.5, 0.6) is 11.5 Å². The first kappa shape index (κ1) is 23.2. The third-order valence-corrected chi connectivity index (χ3v) is 6.14. The Bertz CT molecular complexity index is 1150. The number of carboxylic acids is 1. The van der Waals surface area contributed by atoms with Crippen LogP contribution in [-0.2, 0) is 16.0 Å². The molecule has 7 nitrogen and oxygen atoms in total. The molecule has 1 atom stereocenters. The van der Waals surface area contributed by atoms with Crippen LogP contribution >= 0.6 is 0 Å². The lowest BCUT2D eigenvalue weighted by Crippen LogP contribution is -2.35. The first-order chi connectivity index (χ1) is 16.5. The molecule has 0 saturated heterocycles. The van der Waals surface area contributed by atoms with E-state index in [1.54, 1.807) is 18.2 Å². The molecule has 3 aromatic carbocycles. The van der Waals surface area contributed by atoms with Gasteiger partial charge in [0.1, 0.15) is 6.61 Å². The second kappa shape index (κ2) is 10.3. The Morgan fingerprint density at radius 3 is 2.15 bits per heavy atom. The van der Waals surface area contributed by atoms with Crippen LogP contribution in [-0.4, -0.2) is 44.5 Å². The van der Waals surface area contributed by atoms with Crippen molar-refractivity contribution in [2.45, 2.75) is 12.3 Å². The van der Waals surface area contributed by atoms with E-state index in [2.05, 4.69) is 17.4 Å². The van der Waals surface area contributed by atoms with Crippen molar-refractivity contribution in [3.8, 4) is 22.6 Å². The van der Waals surface area contributed by atoms with Gasteiger partial charge in [-0.25, -0.2) is 4.79 Å². The molecule has 34 heavy (non-hydrogen) atoms. The molecular weight excluding hydrogens is 434 g/mol. The molecule has 176 valence electrons. The summed E-state index contributed by atoms with van der Waals surface area (Å²) in [4.78, 5) is 24.3. The Morgan fingerprint density at radius 1 is 0.912 bits per heavy atom. The summed E-state index contributed by atoms with van der Waals surface area (Å²) in [5.74, 6) is -0.939. The van der Waals surface area contributed by atoms with Crippen molar-refractivity contribution in [3.05, 3.63) is 83.4 Å². The molecule has 1 aliphatic carbocycles. The van der Waals surface area contributed by atoms with Crippen molar-refractivity contribution in [1.29, 1.82) is 0 Å². The van der Waals surface area contributed by atoms with Crippen molar-refractivity contribution in [3.63, 3.8) is 0 Å². The van der Waals surface area contributed by atoms with Crippen molar-refractivity contribution in [2.24, 2.45) is 5.92 Å². The lowest BCUT2D eigenvalue weighted by molar-refractivity contribution is -0.141. The van der Waals surface area contributed by atoms with Crippen LogP contribution in [0.1, 0.15) is 22.6 Å². The molecule has 2 N–H and O–H groups in total. The Morgan fingerprint density at radius 2 is 1.56 bits per heavy atom. The topological polar surface area (TPSA) is 94.1 Å². The highest BCUT2D eigenvalue weighted by Gasteiger charge is 2.29. The average Bonchev–Trinajstić information content (AvgIpc) is 3.18. The third-order valence-electron chi connectivity index (χ3n) is 6.14. The number of hydrogen-bond donors (Lipinski definition) is 2. The quantitative estimate of drug-likeness (QED) is 0.488. The molecular formula is C27H27NO6. The number of nitrogens with one attached hydrogen (secondary N) is 1. The van der Waals surface area contributed by atoms with Gasteiger partial charge in [-0.3, -0.25) is 4.79 Å². The van der Waals surface area contributed by atoms with Gasteiger partial charge in [0.05, 0.1) is 20.1 Å². The number of carboxylic acid groups (broad SMARTS) is 1. The van der Waals surface area contributed by atoms with Gasteiger partial charge in [-0.1, -0.05) is 60.7 Å². The standard InChI is InChI=1S/C27H27NO6/c1-32-24-13-7-8-17(25(24)33-2)14-18(26(29)30)15-28-27(31)34-16-23-21-11-5-3-9-19(21)20-10-4-6-12-22(20)23/h3-13,18,23H,14-16H2,1-2H3,(H,28,31)(H,29,30)/t18-/m0/s1. The molecule has 1 aliphatic rings. The molecule has 0 aromatic heterocycles. The van der Waals surface area contributed by atoms with Gasteiger partial charge in [-0.15, -0.1) is 0 Å². The first-order valence-corrected chi connectivity index (χ1v) is 11.0. The summed E-state index contributed by atoms with van der Waals surface area (Å²) in [7, 11) is 3.03. The lowest BCUT2D eigenvalue weighted by atomic mass is 9.98. The number of methoxy groups -OCH3 is 2. The fraction of sp³-hybridized carbons (Fsp3) is 0.259. The highest BCUT2D eigenvalue weighted by atomic mass is 16.5. The van der Waals surface area contributed by atoms with E-state index >= 15 is 0 Å². The number of aliphatic carboxylic acids is 1. The van der Waals surface area contributed by atoms with Gasteiger partial charge < -0.3 is 24.6 Å². The Hall–Kier alpha value is -4.00. The zero-order chi connectivity index (χ0) is 24.1. The minimum absolute atomic E-state index is 0.0607. The maximum atomic E-state index is 12.5. The number of amides is 1. The summed E-state index contributed by atoms with van der Waals surface area (Å²) in [5, 5.41) is 12.3. The summed E-state index contributed by atoms with van der Waals surface area (Å²) in [6.45, 7) is 0.0909. The number of para-hydroxylation sites is 1. The molecule has 3 aromatic rings. The zero-order valence-corrected chi connectivity index (χ0v) is 19.1. The zero-order valence-electron chi connectivity index (χ0n) is 19.1. The summed E-state index contributed by atoms with van der Waals surface area (Å²) >= 11 is 0. The van der Waals surface area contributed by atoms with Crippen LogP contribution in [0, 0.1) is 5.92 Å². The van der Waals surface area contributed by atoms with Crippen molar-refractivity contribution in [2.75, 3.05) is 27.4 Å². The van der Waals surface area contributed by atoms with Crippen LogP contribution in [0.15, 0.2) is 66.7 Å². The van der Waals surface area contributed by atoms with Crippen LogP contribution in [0.2, 0.25) is 0 Å². The van der Waals surface area contributed by atoms with E-state index < -0.39 is 18.0 Å². The van der Waals surface area contributed by atoms with Crippen LogP contribution in [0.25, 0.3) is 11.1 Å². The smallest absolute Gasteiger partial charge is 0.407 e. The summed E-state index contributed by atoms with van der Waals surface area (Å²) < 4.78 is 16.2. The monoisotopic (exact) mass is 461 g/mol. The van der Waals surface area contributed by atoms with E-state index in [4.69, 9.17) is 14.2 Å². The first-order valence-electron chi connectivity index (χ1n) is 11.0. The SMILES string of the molecule is COc1cccc(C[C@@H](CNC(=O)OCC2c3ccccc3-c3ccccc32)C(=O)O)c1OC. The van der Waals surface area contributed by atoms with Gasteiger partial charge in [0.25, 0.3) is 0 Å². The number of benzene rings is 3. The number of alkyl carbamates (subject to hydrolysis) is 1. The normalized spacial score (nSPS) is 12.9. The van der Waals surface area contributed by atoms with Gasteiger partial charge in [0.2, 0.25) is 0 Å². The Labute approximate surface area is 198 Å². The molecule has 0 radical (unpaired) electrons. The molecule has 0 fully saturated rings. The van der Waals surface area contributed by atoms with Gasteiger partial charge >= 0.3 is 12.1 Å². The minimum atomic E-state index is -1.02. The second-order valence-electron chi connectivity index (χ2n) is 8.10. The summed E-state index contributed by atoms with van der Waals surface area (Å²) in [6.07, 6.45) is -0.481. The second-order valence-corrected chi connectivity index (χ2v) is 8.10. The van der Waals surface area contributed by atoms with Gasteiger partial charge in [0.15, 0.2) is 11.5 Å². The van der Waals surface area contributed by atoms with Gasteiger partial charge in [-0.2, -0.15) is 0 Å². The van der Waals surface area contributed by atoms with E-state index in [1.807, 2.05) is 36.4 Å².